The number of halogens is 3. The van der Waals surface area contributed by atoms with Crippen LogP contribution in [0, 0.1) is 0 Å². The minimum atomic E-state index is -4.48. The van der Waals surface area contributed by atoms with Gasteiger partial charge >= 0.3 is 6.18 Å². The number of piperidine rings is 1. The van der Waals surface area contributed by atoms with Crippen molar-refractivity contribution in [3.05, 3.63) is 35.4 Å². The molecule has 2 aromatic heterocycles. The summed E-state index contributed by atoms with van der Waals surface area (Å²) in [7, 11) is 3.47. The van der Waals surface area contributed by atoms with Crippen LogP contribution in [0.25, 0.3) is 0 Å². The number of alkyl halides is 3. The highest BCUT2D eigenvalue weighted by Gasteiger charge is 2.36. The normalized spacial score (nSPS) is 19.6. The van der Waals surface area contributed by atoms with Crippen molar-refractivity contribution in [3.8, 4) is 0 Å². The fourth-order valence-electron chi connectivity index (χ4n) is 3.33. The van der Waals surface area contributed by atoms with E-state index in [2.05, 4.69) is 20.6 Å². The first kappa shape index (κ1) is 18.4. The van der Waals surface area contributed by atoms with Gasteiger partial charge in [-0.1, -0.05) is 0 Å². The number of aromatic nitrogens is 4. The van der Waals surface area contributed by atoms with Crippen molar-refractivity contribution in [2.24, 2.45) is 7.05 Å². The Kier molecular flexibility index (Phi) is 5.03. The number of H-pyrrole nitrogens is 1. The molecular formula is C16H21F3N6O. The van der Waals surface area contributed by atoms with Crippen LogP contribution in [-0.4, -0.2) is 50.9 Å². The predicted octanol–water partition coefficient (Wildman–Crippen LogP) is 1.83. The zero-order valence-corrected chi connectivity index (χ0v) is 14.5. The second-order valence-electron chi connectivity index (χ2n) is 6.50. The summed E-state index contributed by atoms with van der Waals surface area (Å²) in [5.41, 5.74) is 0.236. The van der Waals surface area contributed by atoms with Crippen molar-refractivity contribution in [2.45, 2.75) is 31.0 Å². The van der Waals surface area contributed by atoms with Crippen molar-refractivity contribution in [1.82, 2.24) is 30.2 Å². The summed E-state index contributed by atoms with van der Waals surface area (Å²) in [6, 6.07) is 0.505. The Morgan fingerprint density at radius 3 is 2.81 bits per heavy atom. The fraction of sp³-hybridized carbons (Fsp3) is 0.562. The number of hydrogen-bond acceptors (Lipinski definition) is 4. The zero-order chi connectivity index (χ0) is 18.9. The predicted molar refractivity (Wildman–Crippen MR) is 87.2 cm³/mol. The Labute approximate surface area is 148 Å². The molecule has 3 heterocycles. The molecule has 2 N–H and O–H groups in total. The van der Waals surface area contributed by atoms with Crippen LogP contribution >= 0.6 is 0 Å². The molecule has 26 heavy (non-hydrogen) atoms. The topological polar surface area (TPSA) is 78.8 Å². The molecule has 2 atom stereocenters. The Hall–Kier alpha value is -2.36. The van der Waals surface area contributed by atoms with Gasteiger partial charge in [0.1, 0.15) is 6.04 Å². The van der Waals surface area contributed by atoms with Gasteiger partial charge in [0.15, 0.2) is 5.69 Å². The van der Waals surface area contributed by atoms with E-state index in [0.29, 0.717) is 25.2 Å². The zero-order valence-electron chi connectivity index (χ0n) is 14.5. The molecule has 7 nitrogen and oxygen atoms in total. The van der Waals surface area contributed by atoms with Gasteiger partial charge in [-0.25, -0.2) is 0 Å². The van der Waals surface area contributed by atoms with E-state index in [4.69, 9.17) is 0 Å². The molecule has 0 aliphatic carbocycles. The van der Waals surface area contributed by atoms with Gasteiger partial charge in [0.05, 0.1) is 6.20 Å². The van der Waals surface area contributed by atoms with Gasteiger partial charge in [-0.2, -0.15) is 23.4 Å². The van der Waals surface area contributed by atoms with Gasteiger partial charge in [0, 0.05) is 43.5 Å². The second-order valence-corrected chi connectivity index (χ2v) is 6.50. The Balaban J connectivity index is 1.73. The Bertz CT molecular complexity index is 768. The summed E-state index contributed by atoms with van der Waals surface area (Å²) in [4.78, 5) is 14.6. The lowest BCUT2D eigenvalue weighted by molar-refractivity contribution is -0.141. The summed E-state index contributed by atoms with van der Waals surface area (Å²) in [6.45, 7) is 0.935. The quantitative estimate of drug-likeness (QED) is 0.861. The molecule has 1 aliphatic rings. The average Bonchev–Trinajstić information content (AvgIpc) is 3.25. The number of nitrogens with zero attached hydrogens (tertiary/aromatic N) is 4. The maximum absolute atomic E-state index is 12.9. The lowest BCUT2D eigenvalue weighted by Crippen LogP contribution is -2.44. The number of nitrogens with one attached hydrogen (secondary N) is 2. The largest absolute Gasteiger partial charge is 0.435 e. The molecule has 0 saturated carbocycles. The van der Waals surface area contributed by atoms with Crippen LogP contribution in [0.15, 0.2) is 18.5 Å². The van der Waals surface area contributed by atoms with Crippen molar-refractivity contribution in [1.29, 1.82) is 0 Å². The number of likely N-dealkylation sites (N-methyl/N-ethyl adjacent to an activating group) is 1. The van der Waals surface area contributed by atoms with E-state index < -0.39 is 17.9 Å². The molecule has 10 heteroatoms. The Morgan fingerprint density at radius 1 is 1.46 bits per heavy atom. The van der Waals surface area contributed by atoms with Crippen LogP contribution in [0.2, 0.25) is 0 Å². The van der Waals surface area contributed by atoms with Crippen molar-refractivity contribution >= 4 is 5.91 Å². The van der Waals surface area contributed by atoms with Gasteiger partial charge < -0.3 is 10.2 Å². The van der Waals surface area contributed by atoms with Crippen LogP contribution in [0.3, 0.4) is 0 Å². The molecule has 1 fully saturated rings. The van der Waals surface area contributed by atoms with Crippen LogP contribution < -0.4 is 5.32 Å². The summed E-state index contributed by atoms with van der Waals surface area (Å²) in [5.74, 6) is -0.302. The van der Waals surface area contributed by atoms with Gasteiger partial charge in [-0.05, 0) is 26.0 Å². The highest BCUT2D eigenvalue weighted by Crippen LogP contribution is 2.32. The van der Waals surface area contributed by atoms with Gasteiger partial charge in [-0.15, -0.1) is 0 Å². The Morgan fingerprint density at radius 2 is 2.23 bits per heavy atom. The summed E-state index contributed by atoms with van der Waals surface area (Å²) in [6.07, 6.45) is 0.354. The van der Waals surface area contributed by atoms with Crippen LogP contribution in [0.1, 0.15) is 41.8 Å². The third kappa shape index (κ3) is 3.74. The maximum Gasteiger partial charge on any atom is 0.435 e. The van der Waals surface area contributed by atoms with E-state index in [1.54, 1.807) is 36.1 Å². The van der Waals surface area contributed by atoms with E-state index in [-0.39, 0.29) is 11.8 Å². The van der Waals surface area contributed by atoms with Gasteiger partial charge in [0.2, 0.25) is 5.91 Å². The van der Waals surface area contributed by atoms with Crippen LogP contribution in [0.4, 0.5) is 13.2 Å². The molecule has 0 spiro atoms. The first-order valence-corrected chi connectivity index (χ1v) is 8.36. The number of aromatic amines is 1. The molecule has 0 bridgehead atoms. The van der Waals surface area contributed by atoms with E-state index >= 15 is 0 Å². The molecule has 2 unspecified atom stereocenters. The molecule has 1 saturated heterocycles. The van der Waals surface area contributed by atoms with Crippen molar-refractivity contribution in [3.63, 3.8) is 0 Å². The molecule has 0 radical (unpaired) electrons. The van der Waals surface area contributed by atoms with Crippen molar-refractivity contribution < 1.29 is 18.0 Å². The third-order valence-electron chi connectivity index (χ3n) is 4.65. The number of amides is 1. The fourth-order valence-corrected chi connectivity index (χ4v) is 3.33. The summed E-state index contributed by atoms with van der Waals surface area (Å²) >= 11 is 0. The number of carbonyl (C=O) groups is 1. The number of aryl methyl sites for hydroxylation is 1. The molecule has 1 amide bonds. The van der Waals surface area contributed by atoms with Gasteiger partial charge in [-0.3, -0.25) is 14.6 Å². The molecular weight excluding hydrogens is 349 g/mol. The first-order valence-electron chi connectivity index (χ1n) is 8.36. The highest BCUT2D eigenvalue weighted by molar-refractivity contribution is 5.83. The number of carbonyl (C=O) groups excluding carboxylic acids is 1. The molecule has 0 aromatic carbocycles. The monoisotopic (exact) mass is 370 g/mol. The summed E-state index contributed by atoms with van der Waals surface area (Å²) < 4.78 is 39.9. The van der Waals surface area contributed by atoms with Gasteiger partial charge in [0.25, 0.3) is 0 Å². The lowest BCUT2D eigenvalue weighted by Gasteiger charge is -2.34. The van der Waals surface area contributed by atoms with E-state index in [9.17, 15) is 18.0 Å². The van der Waals surface area contributed by atoms with E-state index in [1.165, 1.54) is 0 Å². The van der Waals surface area contributed by atoms with E-state index in [0.717, 1.165) is 18.1 Å². The molecule has 142 valence electrons. The van der Waals surface area contributed by atoms with Crippen LogP contribution in [-0.2, 0) is 18.0 Å². The minimum absolute atomic E-state index is 0.110. The number of rotatable bonds is 4. The number of hydrogen-bond donors (Lipinski definition) is 2. The standard InChI is InChI=1S/C16H21F3N6O/c1-20-14(11-7-21-24(2)8-11)15(26)25-5-3-4-10(9-25)12-6-13(23-22-12)16(17,18)19/h6-8,10,14,20H,3-5,9H2,1-2H3,(H,22,23). The third-order valence-corrected chi connectivity index (χ3v) is 4.65. The smallest absolute Gasteiger partial charge is 0.340 e. The molecule has 1 aliphatic heterocycles. The SMILES string of the molecule is CNC(C(=O)N1CCCC(c2cc(C(F)(F)F)n[nH]2)C1)c1cnn(C)c1. The van der Waals surface area contributed by atoms with Crippen LogP contribution in [0.5, 0.6) is 0 Å². The lowest BCUT2D eigenvalue weighted by atomic mass is 9.94. The minimum Gasteiger partial charge on any atom is -0.340 e. The average molecular weight is 370 g/mol. The number of likely N-dealkylation sites (tertiary alicyclic amines) is 1. The maximum atomic E-state index is 12.9. The molecule has 2 aromatic rings. The molecule has 3 rings (SSSR count). The second kappa shape index (κ2) is 7.10. The van der Waals surface area contributed by atoms with E-state index in [1.807, 2.05) is 0 Å². The first-order chi connectivity index (χ1) is 12.3. The highest BCUT2D eigenvalue weighted by atomic mass is 19.4. The van der Waals surface area contributed by atoms with Crippen molar-refractivity contribution in [2.75, 3.05) is 20.1 Å². The summed E-state index contributed by atoms with van der Waals surface area (Å²) in [5, 5.41) is 12.9.